The highest BCUT2D eigenvalue weighted by Gasteiger charge is 2.12. The van der Waals surface area contributed by atoms with E-state index in [-0.39, 0.29) is 0 Å². The zero-order valence-corrected chi connectivity index (χ0v) is 11.0. The monoisotopic (exact) mass is 292 g/mol. The number of ether oxygens (including phenoxy) is 1. The summed E-state index contributed by atoms with van der Waals surface area (Å²) >= 11 is 3.44. The Kier molecular flexibility index (Phi) is 3.82. The molecule has 3 heteroatoms. The minimum atomic E-state index is -0.628. The lowest BCUT2D eigenvalue weighted by Gasteiger charge is -2.13. The number of hydrogen-bond donors (Lipinski definition) is 1. The molecule has 0 saturated heterocycles. The predicted molar refractivity (Wildman–Crippen MR) is 71.2 cm³/mol. The molecule has 0 aromatic heterocycles. The topological polar surface area (TPSA) is 29.5 Å². The molecule has 0 spiro atoms. The fourth-order valence-corrected chi connectivity index (χ4v) is 2.16. The average molecular weight is 293 g/mol. The zero-order valence-electron chi connectivity index (χ0n) is 9.43. The van der Waals surface area contributed by atoms with Gasteiger partial charge in [0.2, 0.25) is 0 Å². The predicted octanol–water partition coefficient (Wildman–Crippen LogP) is 3.54. The molecule has 2 nitrogen and oxygen atoms in total. The Morgan fingerprint density at radius 3 is 2.29 bits per heavy atom. The second-order valence-corrected chi connectivity index (χ2v) is 4.55. The van der Waals surface area contributed by atoms with Crippen LogP contribution in [0.25, 0.3) is 0 Å². The lowest BCUT2D eigenvalue weighted by Crippen LogP contribution is -2.00. The smallest absolute Gasteiger partial charge is 0.118 e. The van der Waals surface area contributed by atoms with Crippen molar-refractivity contribution in [3.8, 4) is 5.75 Å². The minimum Gasteiger partial charge on any atom is -0.497 e. The van der Waals surface area contributed by atoms with Gasteiger partial charge in [0.25, 0.3) is 0 Å². The van der Waals surface area contributed by atoms with E-state index in [0.29, 0.717) is 0 Å². The van der Waals surface area contributed by atoms with Crippen molar-refractivity contribution < 1.29 is 9.84 Å². The average Bonchev–Trinajstić information content (AvgIpc) is 2.39. The van der Waals surface area contributed by atoms with E-state index in [1.54, 1.807) is 7.11 Å². The van der Waals surface area contributed by atoms with Crippen LogP contribution in [0.5, 0.6) is 5.75 Å². The standard InChI is InChI=1S/C14H13BrO2/c1-17-11-8-6-10(7-9-11)14(16)12-4-2-3-5-13(12)15/h2-9,14,16H,1H3. The van der Waals surface area contributed by atoms with E-state index in [1.807, 2.05) is 48.5 Å². The summed E-state index contributed by atoms with van der Waals surface area (Å²) in [6.07, 6.45) is -0.628. The maximum absolute atomic E-state index is 10.3. The molecule has 17 heavy (non-hydrogen) atoms. The van der Waals surface area contributed by atoms with Crippen LogP contribution in [0.3, 0.4) is 0 Å². The second kappa shape index (κ2) is 5.34. The molecule has 88 valence electrons. The first-order valence-electron chi connectivity index (χ1n) is 5.29. The number of methoxy groups -OCH3 is 1. The Bertz CT molecular complexity index is 494. The van der Waals surface area contributed by atoms with Gasteiger partial charge < -0.3 is 9.84 Å². The van der Waals surface area contributed by atoms with Crippen LogP contribution in [0.1, 0.15) is 17.2 Å². The Hall–Kier alpha value is -1.32. The van der Waals surface area contributed by atoms with Crippen LogP contribution >= 0.6 is 15.9 Å². The maximum atomic E-state index is 10.3. The van der Waals surface area contributed by atoms with Crippen molar-refractivity contribution in [1.82, 2.24) is 0 Å². The Morgan fingerprint density at radius 2 is 1.71 bits per heavy atom. The van der Waals surface area contributed by atoms with Gasteiger partial charge in [-0.1, -0.05) is 46.3 Å². The first kappa shape index (κ1) is 12.1. The third-order valence-electron chi connectivity index (χ3n) is 2.63. The Balaban J connectivity index is 2.30. The van der Waals surface area contributed by atoms with E-state index in [2.05, 4.69) is 15.9 Å². The summed E-state index contributed by atoms with van der Waals surface area (Å²) in [7, 11) is 1.62. The zero-order chi connectivity index (χ0) is 12.3. The van der Waals surface area contributed by atoms with E-state index in [0.717, 1.165) is 21.3 Å². The molecule has 0 aliphatic rings. The van der Waals surface area contributed by atoms with Gasteiger partial charge in [-0.05, 0) is 29.3 Å². The molecule has 0 fully saturated rings. The van der Waals surface area contributed by atoms with Gasteiger partial charge in [0, 0.05) is 4.47 Å². The van der Waals surface area contributed by atoms with Crippen LogP contribution in [0.2, 0.25) is 0 Å². The van der Waals surface area contributed by atoms with E-state index < -0.39 is 6.10 Å². The molecule has 1 atom stereocenters. The molecule has 2 aromatic carbocycles. The van der Waals surface area contributed by atoms with Crippen molar-refractivity contribution in [1.29, 1.82) is 0 Å². The fraction of sp³-hybridized carbons (Fsp3) is 0.143. The number of rotatable bonds is 3. The molecule has 0 saturated carbocycles. The molecule has 0 aliphatic heterocycles. The lowest BCUT2D eigenvalue weighted by molar-refractivity contribution is 0.219. The van der Waals surface area contributed by atoms with Gasteiger partial charge in [-0.15, -0.1) is 0 Å². The largest absolute Gasteiger partial charge is 0.497 e. The summed E-state index contributed by atoms with van der Waals surface area (Å²) in [5, 5.41) is 10.3. The summed E-state index contributed by atoms with van der Waals surface area (Å²) in [6, 6.07) is 15.1. The first-order chi connectivity index (χ1) is 8.22. The molecular weight excluding hydrogens is 280 g/mol. The van der Waals surface area contributed by atoms with E-state index in [4.69, 9.17) is 4.74 Å². The van der Waals surface area contributed by atoms with Crippen molar-refractivity contribution in [3.05, 3.63) is 64.1 Å². The number of aliphatic hydroxyl groups is 1. The molecule has 0 amide bonds. The Labute approximate surface area is 109 Å². The van der Waals surface area contributed by atoms with E-state index in [9.17, 15) is 5.11 Å². The van der Waals surface area contributed by atoms with Gasteiger partial charge in [0.1, 0.15) is 11.9 Å². The first-order valence-corrected chi connectivity index (χ1v) is 6.08. The normalized spacial score (nSPS) is 12.2. The maximum Gasteiger partial charge on any atom is 0.118 e. The Morgan fingerprint density at radius 1 is 1.06 bits per heavy atom. The summed E-state index contributed by atoms with van der Waals surface area (Å²) in [5.41, 5.74) is 1.70. The van der Waals surface area contributed by atoms with Crippen molar-refractivity contribution >= 4 is 15.9 Å². The molecular formula is C14H13BrO2. The molecule has 1 N–H and O–H groups in total. The van der Waals surface area contributed by atoms with Gasteiger partial charge in [-0.3, -0.25) is 0 Å². The summed E-state index contributed by atoms with van der Waals surface area (Å²) < 4.78 is 5.99. The van der Waals surface area contributed by atoms with Gasteiger partial charge in [-0.25, -0.2) is 0 Å². The van der Waals surface area contributed by atoms with Crippen LogP contribution in [0.15, 0.2) is 53.0 Å². The van der Waals surface area contributed by atoms with Crippen LogP contribution in [-0.2, 0) is 0 Å². The molecule has 0 radical (unpaired) electrons. The highest BCUT2D eigenvalue weighted by Crippen LogP contribution is 2.29. The summed E-state index contributed by atoms with van der Waals surface area (Å²) in [6.45, 7) is 0. The van der Waals surface area contributed by atoms with Crippen LogP contribution < -0.4 is 4.74 Å². The molecule has 0 aliphatic carbocycles. The van der Waals surface area contributed by atoms with E-state index >= 15 is 0 Å². The molecule has 1 unspecified atom stereocenters. The van der Waals surface area contributed by atoms with Gasteiger partial charge in [-0.2, -0.15) is 0 Å². The van der Waals surface area contributed by atoms with Crippen LogP contribution in [0.4, 0.5) is 0 Å². The van der Waals surface area contributed by atoms with Gasteiger partial charge in [0.05, 0.1) is 7.11 Å². The SMILES string of the molecule is COc1ccc(C(O)c2ccccc2Br)cc1. The van der Waals surface area contributed by atoms with Crippen molar-refractivity contribution in [2.45, 2.75) is 6.10 Å². The van der Waals surface area contributed by atoms with Gasteiger partial charge >= 0.3 is 0 Å². The third kappa shape index (κ3) is 2.68. The number of halogens is 1. The lowest BCUT2D eigenvalue weighted by atomic mass is 10.0. The second-order valence-electron chi connectivity index (χ2n) is 3.70. The molecule has 0 bridgehead atoms. The van der Waals surface area contributed by atoms with Crippen molar-refractivity contribution in [2.24, 2.45) is 0 Å². The molecule has 0 heterocycles. The number of aliphatic hydroxyl groups excluding tert-OH is 1. The third-order valence-corrected chi connectivity index (χ3v) is 3.35. The molecule has 2 rings (SSSR count). The fourth-order valence-electron chi connectivity index (χ4n) is 1.66. The van der Waals surface area contributed by atoms with Crippen LogP contribution in [-0.4, -0.2) is 12.2 Å². The van der Waals surface area contributed by atoms with Crippen molar-refractivity contribution in [2.75, 3.05) is 7.11 Å². The highest BCUT2D eigenvalue weighted by atomic mass is 79.9. The number of hydrogen-bond acceptors (Lipinski definition) is 2. The van der Waals surface area contributed by atoms with Crippen LogP contribution in [0, 0.1) is 0 Å². The minimum absolute atomic E-state index is 0.628. The highest BCUT2D eigenvalue weighted by molar-refractivity contribution is 9.10. The number of benzene rings is 2. The van der Waals surface area contributed by atoms with Gasteiger partial charge in [0.15, 0.2) is 0 Å². The molecule has 2 aromatic rings. The van der Waals surface area contributed by atoms with E-state index in [1.165, 1.54) is 0 Å². The summed E-state index contributed by atoms with van der Waals surface area (Å²) in [5.74, 6) is 0.785. The quantitative estimate of drug-likeness (QED) is 0.938. The summed E-state index contributed by atoms with van der Waals surface area (Å²) in [4.78, 5) is 0. The van der Waals surface area contributed by atoms with Crippen molar-refractivity contribution in [3.63, 3.8) is 0 Å².